The van der Waals surface area contributed by atoms with Gasteiger partial charge in [0.05, 0.1) is 24.4 Å². The van der Waals surface area contributed by atoms with E-state index >= 15 is 0 Å². The lowest BCUT2D eigenvalue weighted by Gasteiger charge is -2.45. The molecule has 1 fully saturated rings. The maximum Gasteiger partial charge on any atom is 0.271 e. The van der Waals surface area contributed by atoms with Crippen LogP contribution in [0.25, 0.3) is 11.1 Å². The summed E-state index contributed by atoms with van der Waals surface area (Å²) in [5.41, 5.74) is 1.94. The molecule has 1 saturated carbocycles. The number of hydrogen-bond donors (Lipinski definition) is 1. The van der Waals surface area contributed by atoms with Gasteiger partial charge in [-0.05, 0) is 56.7 Å². The molecule has 2 aromatic heterocycles. The molecule has 7 heteroatoms. The molecule has 4 atom stereocenters. The van der Waals surface area contributed by atoms with Crippen LogP contribution in [0.4, 0.5) is 0 Å². The predicted molar refractivity (Wildman–Crippen MR) is 139 cm³/mol. The summed E-state index contributed by atoms with van der Waals surface area (Å²) >= 11 is 0. The Bertz CT molecular complexity index is 1260. The Labute approximate surface area is 212 Å². The molecule has 3 heterocycles. The molecule has 1 aromatic carbocycles. The second-order valence-corrected chi connectivity index (χ2v) is 11.1. The summed E-state index contributed by atoms with van der Waals surface area (Å²) in [6, 6.07) is 11.5. The fourth-order valence-electron chi connectivity index (χ4n) is 5.76. The standard InChI is InChI=1S/C29H37N3O4/c1-18(2)36-22-11-9-21(10-12-22)16-32-27(33)25-15-26-24(13-14-35-26)31(25)17-29(32,5)28(34)30-23-8-6-7-19(3)20(23)4/h9-15,18-20,23H,6-8,16-17H2,1-5H3,(H,30,34)/t19-,20+,23+,29+/m0/s1. The number of aromatic nitrogens is 1. The smallest absolute Gasteiger partial charge is 0.271 e. The zero-order valence-electron chi connectivity index (χ0n) is 21.9. The highest BCUT2D eigenvalue weighted by molar-refractivity contribution is 6.02. The largest absolute Gasteiger partial charge is 0.491 e. The maximum atomic E-state index is 14.0. The Kier molecular flexibility index (Phi) is 6.35. The second kappa shape index (κ2) is 9.34. The number of carbonyl (C=O) groups is 2. The molecule has 2 aliphatic rings. The third-order valence-corrected chi connectivity index (χ3v) is 8.20. The van der Waals surface area contributed by atoms with Crippen LogP contribution in [0.3, 0.4) is 0 Å². The van der Waals surface area contributed by atoms with E-state index in [1.807, 2.05) is 55.7 Å². The Hall–Kier alpha value is -3.22. The van der Waals surface area contributed by atoms with Crippen molar-refractivity contribution in [2.45, 2.75) is 84.7 Å². The minimum Gasteiger partial charge on any atom is -0.491 e. The van der Waals surface area contributed by atoms with Crippen molar-refractivity contribution in [3.8, 4) is 5.75 Å². The average Bonchev–Trinajstić information content (AvgIpc) is 3.43. The first-order valence-electron chi connectivity index (χ1n) is 13.1. The number of carbonyl (C=O) groups excluding carboxylic acids is 2. The Balaban J connectivity index is 1.48. The number of ether oxygens (including phenoxy) is 1. The van der Waals surface area contributed by atoms with Gasteiger partial charge in [0.1, 0.15) is 17.0 Å². The first-order chi connectivity index (χ1) is 17.2. The normalized spacial score (nSPS) is 26.3. The number of amides is 2. The third-order valence-electron chi connectivity index (χ3n) is 8.20. The van der Waals surface area contributed by atoms with Crippen molar-refractivity contribution in [3.63, 3.8) is 0 Å². The van der Waals surface area contributed by atoms with Gasteiger partial charge in [-0.3, -0.25) is 9.59 Å². The van der Waals surface area contributed by atoms with E-state index in [2.05, 4.69) is 19.2 Å². The molecule has 0 unspecified atom stereocenters. The minimum absolute atomic E-state index is 0.0856. The average molecular weight is 492 g/mol. The van der Waals surface area contributed by atoms with Crippen LogP contribution in [-0.2, 0) is 17.9 Å². The van der Waals surface area contributed by atoms with E-state index in [-0.39, 0.29) is 24.0 Å². The van der Waals surface area contributed by atoms with Gasteiger partial charge in [0.2, 0.25) is 5.91 Å². The van der Waals surface area contributed by atoms with Crippen LogP contribution in [0.5, 0.6) is 5.75 Å². The maximum absolute atomic E-state index is 14.0. The van der Waals surface area contributed by atoms with Crippen LogP contribution in [0, 0.1) is 11.8 Å². The molecule has 7 nitrogen and oxygen atoms in total. The van der Waals surface area contributed by atoms with E-state index in [0.717, 1.165) is 29.7 Å². The zero-order chi connectivity index (χ0) is 25.6. The van der Waals surface area contributed by atoms with E-state index in [4.69, 9.17) is 9.15 Å². The van der Waals surface area contributed by atoms with E-state index in [1.165, 1.54) is 6.42 Å². The fourth-order valence-corrected chi connectivity index (χ4v) is 5.76. The van der Waals surface area contributed by atoms with E-state index < -0.39 is 5.54 Å². The van der Waals surface area contributed by atoms with Crippen molar-refractivity contribution in [3.05, 3.63) is 53.9 Å². The quantitative estimate of drug-likeness (QED) is 0.502. The molecule has 1 aliphatic heterocycles. The highest BCUT2D eigenvalue weighted by atomic mass is 16.5. The molecule has 5 rings (SSSR count). The van der Waals surface area contributed by atoms with Crippen molar-refractivity contribution in [2.75, 3.05) is 0 Å². The van der Waals surface area contributed by atoms with Gasteiger partial charge in [0, 0.05) is 24.7 Å². The van der Waals surface area contributed by atoms with E-state index in [9.17, 15) is 9.59 Å². The van der Waals surface area contributed by atoms with Gasteiger partial charge in [-0.2, -0.15) is 0 Å². The summed E-state index contributed by atoms with van der Waals surface area (Å²) in [4.78, 5) is 29.6. The summed E-state index contributed by atoms with van der Waals surface area (Å²) < 4.78 is 13.3. The molecule has 0 saturated heterocycles. The van der Waals surface area contributed by atoms with Gasteiger partial charge in [-0.1, -0.05) is 38.8 Å². The minimum atomic E-state index is -1.05. The van der Waals surface area contributed by atoms with Crippen LogP contribution in [0.2, 0.25) is 0 Å². The lowest BCUT2D eigenvalue weighted by molar-refractivity contribution is -0.134. The van der Waals surface area contributed by atoms with E-state index in [1.54, 1.807) is 17.2 Å². The lowest BCUT2D eigenvalue weighted by atomic mass is 9.77. The molecule has 0 radical (unpaired) electrons. The molecule has 0 spiro atoms. The summed E-state index contributed by atoms with van der Waals surface area (Å²) in [6.07, 6.45) is 4.98. The van der Waals surface area contributed by atoms with Crippen LogP contribution >= 0.6 is 0 Å². The van der Waals surface area contributed by atoms with Crippen molar-refractivity contribution in [1.29, 1.82) is 0 Å². The molecule has 192 valence electrons. The summed E-state index contributed by atoms with van der Waals surface area (Å²) in [5.74, 6) is 1.48. The second-order valence-electron chi connectivity index (χ2n) is 11.1. The summed E-state index contributed by atoms with van der Waals surface area (Å²) in [5, 5.41) is 3.35. The summed E-state index contributed by atoms with van der Waals surface area (Å²) in [7, 11) is 0. The number of nitrogens with zero attached hydrogens (tertiary/aromatic N) is 2. The van der Waals surface area contributed by atoms with E-state index in [0.29, 0.717) is 36.2 Å². The number of benzene rings is 1. The van der Waals surface area contributed by atoms with Crippen molar-refractivity contribution < 1.29 is 18.7 Å². The summed E-state index contributed by atoms with van der Waals surface area (Å²) in [6.45, 7) is 11.0. The molecule has 1 aliphatic carbocycles. The van der Waals surface area contributed by atoms with Gasteiger partial charge in [0.15, 0.2) is 5.58 Å². The number of furan rings is 1. The van der Waals surface area contributed by atoms with Crippen LogP contribution in [0.1, 0.15) is 69.9 Å². The monoisotopic (exact) mass is 491 g/mol. The molecular weight excluding hydrogens is 454 g/mol. The van der Waals surface area contributed by atoms with Gasteiger partial charge >= 0.3 is 0 Å². The molecular formula is C29H37N3O4. The third kappa shape index (κ3) is 4.29. The van der Waals surface area contributed by atoms with Crippen molar-refractivity contribution >= 4 is 22.9 Å². The number of rotatable bonds is 6. The van der Waals surface area contributed by atoms with Crippen LogP contribution < -0.4 is 10.1 Å². The fraction of sp³-hybridized carbons (Fsp3) is 0.517. The van der Waals surface area contributed by atoms with Gasteiger partial charge < -0.3 is 23.9 Å². The van der Waals surface area contributed by atoms with Crippen molar-refractivity contribution in [1.82, 2.24) is 14.8 Å². The lowest BCUT2D eigenvalue weighted by Crippen LogP contribution is -2.65. The zero-order valence-corrected chi connectivity index (χ0v) is 21.9. The van der Waals surface area contributed by atoms with Gasteiger partial charge in [0.25, 0.3) is 5.91 Å². The van der Waals surface area contributed by atoms with Crippen molar-refractivity contribution in [2.24, 2.45) is 11.8 Å². The highest BCUT2D eigenvalue weighted by Crippen LogP contribution is 2.35. The van der Waals surface area contributed by atoms with Gasteiger partial charge in [-0.25, -0.2) is 0 Å². The number of nitrogens with one attached hydrogen (secondary N) is 1. The molecule has 1 N–H and O–H groups in total. The molecule has 36 heavy (non-hydrogen) atoms. The highest BCUT2D eigenvalue weighted by Gasteiger charge is 2.48. The van der Waals surface area contributed by atoms with Crippen LogP contribution in [0.15, 0.2) is 47.1 Å². The van der Waals surface area contributed by atoms with Gasteiger partial charge in [-0.15, -0.1) is 0 Å². The number of hydrogen-bond acceptors (Lipinski definition) is 4. The first-order valence-corrected chi connectivity index (χ1v) is 13.1. The first kappa shape index (κ1) is 24.5. The van der Waals surface area contributed by atoms with Crippen LogP contribution in [-0.4, -0.2) is 39.0 Å². The SMILES string of the molecule is CC(C)Oc1ccc(CN2C(=O)c3cc4occc4n3C[C@]2(C)C(=O)N[C@@H]2CCC[C@H](C)[C@H]2C)cc1. The number of fused-ring (bicyclic) bond motifs is 3. The molecule has 2 amide bonds. The Morgan fingerprint density at radius 1 is 1.19 bits per heavy atom. The Morgan fingerprint density at radius 3 is 2.67 bits per heavy atom. The molecule has 3 aromatic rings. The topological polar surface area (TPSA) is 76.7 Å². The predicted octanol–water partition coefficient (Wildman–Crippen LogP) is 5.38. The molecule has 0 bridgehead atoms. The Morgan fingerprint density at radius 2 is 1.94 bits per heavy atom.